The van der Waals surface area contributed by atoms with Crippen molar-refractivity contribution >= 4 is 18.7 Å². The molecular formula is C16H23BFNO4. The van der Waals surface area contributed by atoms with Crippen molar-refractivity contribution in [3.63, 3.8) is 0 Å². The number of amides is 1. The topological polar surface area (TPSA) is 59.0 Å². The predicted molar refractivity (Wildman–Crippen MR) is 86.3 cm³/mol. The van der Waals surface area contributed by atoms with Crippen LogP contribution in [0, 0.1) is 12.7 Å². The average molecular weight is 323 g/mol. The molecule has 7 heteroatoms. The van der Waals surface area contributed by atoms with Crippen LogP contribution in [0.1, 0.15) is 38.8 Å². The van der Waals surface area contributed by atoms with E-state index in [1.54, 1.807) is 13.0 Å². The number of aryl methyl sites for hydroxylation is 1. The highest BCUT2D eigenvalue weighted by Gasteiger charge is 2.52. The Hall–Kier alpha value is -1.60. The van der Waals surface area contributed by atoms with Gasteiger partial charge in [0.25, 0.3) is 0 Å². The minimum atomic E-state index is -1.06. The Morgan fingerprint density at radius 2 is 1.78 bits per heavy atom. The fourth-order valence-corrected chi connectivity index (χ4v) is 2.52. The Labute approximate surface area is 136 Å². The Bertz CT molecular complexity index is 594. The first-order chi connectivity index (χ1) is 10.4. The lowest BCUT2D eigenvalue weighted by Crippen LogP contribution is -2.41. The van der Waals surface area contributed by atoms with E-state index in [4.69, 9.17) is 14.4 Å². The van der Waals surface area contributed by atoms with Crippen LogP contribution in [0.3, 0.4) is 0 Å². The number of carboxylic acid groups (broad SMARTS) is 1. The largest absolute Gasteiger partial charge is 0.498 e. The number of hydrogen-bond acceptors (Lipinski definition) is 3. The van der Waals surface area contributed by atoms with Crippen LogP contribution in [-0.4, -0.2) is 41.5 Å². The number of halogens is 1. The molecule has 0 unspecified atom stereocenters. The molecule has 0 aromatic heterocycles. The maximum Gasteiger partial charge on any atom is 0.498 e. The molecule has 1 aliphatic rings. The lowest BCUT2D eigenvalue weighted by atomic mass is 9.75. The molecule has 1 N–H and O–H groups in total. The van der Waals surface area contributed by atoms with E-state index < -0.39 is 30.2 Å². The van der Waals surface area contributed by atoms with Crippen LogP contribution in [0.4, 0.5) is 9.18 Å². The van der Waals surface area contributed by atoms with Crippen molar-refractivity contribution in [3.05, 3.63) is 29.1 Å². The third kappa shape index (κ3) is 3.35. The summed E-state index contributed by atoms with van der Waals surface area (Å²) >= 11 is 0. The van der Waals surface area contributed by atoms with E-state index in [9.17, 15) is 9.18 Å². The highest BCUT2D eigenvalue weighted by molar-refractivity contribution is 6.62. The van der Waals surface area contributed by atoms with Gasteiger partial charge in [0, 0.05) is 19.1 Å². The summed E-state index contributed by atoms with van der Waals surface area (Å²) in [6, 6.07) is 3.11. The second-order valence-corrected chi connectivity index (χ2v) is 7.04. The summed E-state index contributed by atoms with van der Waals surface area (Å²) in [7, 11) is 0.670. The molecule has 0 aliphatic carbocycles. The van der Waals surface area contributed by atoms with Crippen molar-refractivity contribution in [2.24, 2.45) is 0 Å². The zero-order valence-corrected chi connectivity index (χ0v) is 14.4. The number of rotatable bonds is 3. The number of benzene rings is 1. The molecule has 0 atom stereocenters. The summed E-state index contributed by atoms with van der Waals surface area (Å²) in [5.41, 5.74) is 0.546. The third-order valence-corrected chi connectivity index (χ3v) is 4.63. The standard InChI is InChI=1S/C16H23BFNO4/c1-10-7-11(9-19(6)14(20)21)8-12(18)13(10)17-22-15(2,3)16(4,5)23-17/h7-8H,9H2,1-6H3,(H,20,21). The Morgan fingerprint density at radius 1 is 1.26 bits per heavy atom. The summed E-state index contributed by atoms with van der Waals surface area (Å²) in [6.45, 7) is 9.55. The van der Waals surface area contributed by atoms with Gasteiger partial charge >= 0.3 is 13.2 Å². The lowest BCUT2D eigenvalue weighted by molar-refractivity contribution is 0.00578. The van der Waals surface area contributed by atoms with Crippen molar-refractivity contribution in [1.29, 1.82) is 0 Å². The van der Waals surface area contributed by atoms with Crippen molar-refractivity contribution in [3.8, 4) is 0 Å². The Balaban J connectivity index is 2.30. The summed E-state index contributed by atoms with van der Waals surface area (Å²) in [5.74, 6) is -0.447. The summed E-state index contributed by atoms with van der Waals surface area (Å²) in [5, 5.41) is 8.92. The van der Waals surface area contributed by atoms with Gasteiger partial charge in [-0.3, -0.25) is 0 Å². The maximum atomic E-state index is 14.6. The van der Waals surface area contributed by atoms with E-state index >= 15 is 0 Å². The van der Waals surface area contributed by atoms with Crippen LogP contribution in [0.5, 0.6) is 0 Å². The van der Waals surface area contributed by atoms with E-state index in [-0.39, 0.29) is 6.54 Å². The summed E-state index contributed by atoms with van der Waals surface area (Å²) < 4.78 is 26.4. The molecule has 23 heavy (non-hydrogen) atoms. The SMILES string of the molecule is Cc1cc(CN(C)C(=O)O)cc(F)c1B1OC(C)(C)C(C)(C)O1. The number of hydrogen-bond donors (Lipinski definition) is 1. The molecule has 5 nitrogen and oxygen atoms in total. The Morgan fingerprint density at radius 3 is 2.22 bits per heavy atom. The molecule has 0 radical (unpaired) electrons. The lowest BCUT2D eigenvalue weighted by Gasteiger charge is -2.32. The van der Waals surface area contributed by atoms with Crippen LogP contribution in [0.2, 0.25) is 0 Å². The van der Waals surface area contributed by atoms with Crippen LogP contribution in [-0.2, 0) is 15.9 Å². The van der Waals surface area contributed by atoms with Gasteiger partial charge in [0.2, 0.25) is 0 Å². The normalized spacial score (nSPS) is 19.0. The van der Waals surface area contributed by atoms with E-state index in [0.29, 0.717) is 16.6 Å². The molecule has 2 rings (SSSR count). The summed E-state index contributed by atoms with van der Waals surface area (Å²) in [6.07, 6.45) is -1.06. The fourth-order valence-electron chi connectivity index (χ4n) is 2.52. The minimum Gasteiger partial charge on any atom is -0.465 e. The van der Waals surface area contributed by atoms with Crippen molar-refractivity contribution in [2.75, 3.05) is 7.05 Å². The van der Waals surface area contributed by atoms with Crippen molar-refractivity contribution < 1.29 is 23.6 Å². The van der Waals surface area contributed by atoms with E-state index in [0.717, 1.165) is 4.90 Å². The fraction of sp³-hybridized carbons (Fsp3) is 0.562. The second kappa shape index (κ2) is 5.80. The molecular weight excluding hydrogens is 300 g/mol. The highest BCUT2D eigenvalue weighted by atomic mass is 19.1. The van der Waals surface area contributed by atoms with E-state index in [1.807, 2.05) is 27.7 Å². The maximum absolute atomic E-state index is 14.6. The molecule has 1 aromatic carbocycles. The molecule has 0 saturated carbocycles. The van der Waals surface area contributed by atoms with Gasteiger partial charge in [-0.1, -0.05) is 6.07 Å². The van der Waals surface area contributed by atoms with E-state index in [1.165, 1.54) is 13.1 Å². The third-order valence-electron chi connectivity index (χ3n) is 4.63. The van der Waals surface area contributed by atoms with Crippen LogP contribution in [0.15, 0.2) is 12.1 Å². The first-order valence-electron chi connectivity index (χ1n) is 7.53. The molecule has 1 fully saturated rings. The number of carbonyl (C=O) groups is 1. The van der Waals surface area contributed by atoms with Crippen LogP contribution >= 0.6 is 0 Å². The van der Waals surface area contributed by atoms with Crippen molar-refractivity contribution in [2.45, 2.75) is 52.4 Å². The minimum absolute atomic E-state index is 0.122. The van der Waals surface area contributed by atoms with Gasteiger partial charge in [-0.2, -0.15) is 0 Å². The molecule has 0 spiro atoms. The van der Waals surface area contributed by atoms with Crippen LogP contribution < -0.4 is 5.46 Å². The quantitative estimate of drug-likeness (QED) is 0.869. The zero-order chi connectivity index (χ0) is 17.6. The van der Waals surface area contributed by atoms with Gasteiger partial charge < -0.3 is 19.3 Å². The first-order valence-corrected chi connectivity index (χ1v) is 7.53. The molecule has 1 amide bonds. The van der Waals surface area contributed by atoms with E-state index in [2.05, 4.69) is 0 Å². The molecule has 1 heterocycles. The predicted octanol–water partition coefficient (Wildman–Crippen LogP) is 2.54. The van der Waals surface area contributed by atoms with Crippen molar-refractivity contribution in [1.82, 2.24) is 4.90 Å². The second-order valence-electron chi connectivity index (χ2n) is 7.04. The average Bonchev–Trinajstić information content (AvgIpc) is 2.56. The Kier molecular flexibility index (Phi) is 4.48. The first kappa shape index (κ1) is 17.8. The summed E-state index contributed by atoms with van der Waals surface area (Å²) in [4.78, 5) is 12.0. The molecule has 1 aliphatic heterocycles. The smallest absolute Gasteiger partial charge is 0.465 e. The van der Waals surface area contributed by atoms with Gasteiger partial charge in [0.15, 0.2) is 0 Å². The molecule has 0 bridgehead atoms. The monoisotopic (exact) mass is 323 g/mol. The number of nitrogens with zero attached hydrogens (tertiary/aromatic N) is 1. The van der Waals surface area contributed by atoms with Gasteiger partial charge in [-0.25, -0.2) is 9.18 Å². The van der Waals surface area contributed by atoms with Gasteiger partial charge in [-0.05, 0) is 51.8 Å². The van der Waals surface area contributed by atoms with Gasteiger partial charge in [-0.15, -0.1) is 0 Å². The highest BCUT2D eigenvalue weighted by Crippen LogP contribution is 2.37. The molecule has 126 valence electrons. The molecule has 1 saturated heterocycles. The van der Waals surface area contributed by atoms with Gasteiger partial charge in [0.1, 0.15) is 5.82 Å². The zero-order valence-electron chi connectivity index (χ0n) is 14.4. The van der Waals surface area contributed by atoms with Gasteiger partial charge in [0.05, 0.1) is 11.2 Å². The van der Waals surface area contributed by atoms with Crippen LogP contribution in [0.25, 0.3) is 0 Å². The molecule has 1 aromatic rings.